The van der Waals surface area contributed by atoms with Crippen LogP contribution in [0.3, 0.4) is 0 Å². The van der Waals surface area contributed by atoms with E-state index in [1.165, 1.54) is 0 Å². The zero-order valence-electron chi connectivity index (χ0n) is 24.6. The highest BCUT2D eigenvalue weighted by atomic mass is 16.5. The SMILES string of the molecule is CCOC(=O)c1ccc(NC(=O)Nc2ccc(N3CCN(c4ccccc4OC)CC3)c(C(=O)NC(C)CC)c2)cc1. The van der Waals surface area contributed by atoms with Crippen molar-refractivity contribution in [1.82, 2.24) is 5.32 Å². The van der Waals surface area contributed by atoms with E-state index in [0.29, 0.717) is 22.5 Å². The predicted octanol–water partition coefficient (Wildman–Crippen LogP) is 5.37. The molecule has 1 heterocycles. The molecule has 0 radical (unpaired) electrons. The number of rotatable bonds is 10. The number of para-hydroxylation sites is 2. The standard InChI is InChI=1S/C32H39N5O5/c1-5-22(3)33-30(38)26-21-25(35-32(40)34-24-13-11-23(12-14-24)31(39)42-6-2)15-16-27(26)36-17-19-37(20-18-36)28-9-7-8-10-29(28)41-4/h7-16,21-22H,5-6,17-20H2,1-4H3,(H,33,38)(H2,34,35,40). The average Bonchev–Trinajstić information content (AvgIpc) is 3.01. The molecule has 1 aliphatic heterocycles. The summed E-state index contributed by atoms with van der Waals surface area (Å²) in [6.45, 7) is 8.99. The van der Waals surface area contributed by atoms with Gasteiger partial charge in [0.2, 0.25) is 0 Å². The molecule has 222 valence electrons. The van der Waals surface area contributed by atoms with Gasteiger partial charge < -0.3 is 35.2 Å². The van der Waals surface area contributed by atoms with Crippen LogP contribution in [-0.2, 0) is 4.74 Å². The number of methoxy groups -OCH3 is 1. The van der Waals surface area contributed by atoms with Gasteiger partial charge in [-0.3, -0.25) is 4.79 Å². The third kappa shape index (κ3) is 7.51. The number of benzene rings is 3. The smallest absolute Gasteiger partial charge is 0.338 e. The van der Waals surface area contributed by atoms with Crippen LogP contribution in [0, 0.1) is 0 Å². The Morgan fingerprint density at radius 3 is 2.10 bits per heavy atom. The summed E-state index contributed by atoms with van der Waals surface area (Å²) in [7, 11) is 1.68. The van der Waals surface area contributed by atoms with Crippen molar-refractivity contribution in [1.29, 1.82) is 0 Å². The molecule has 1 fully saturated rings. The molecular formula is C32H39N5O5. The number of anilines is 4. The number of ether oxygens (including phenoxy) is 2. The van der Waals surface area contributed by atoms with Gasteiger partial charge in [-0.05, 0) is 74.9 Å². The average molecular weight is 574 g/mol. The maximum atomic E-state index is 13.4. The molecular weight excluding hydrogens is 534 g/mol. The molecule has 10 nitrogen and oxygen atoms in total. The van der Waals surface area contributed by atoms with Crippen LogP contribution in [0.4, 0.5) is 27.5 Å². The molecule has 3 N–H and O–H groups in total. The van der Waals surface area contributed by atoms with Crippen molar-refractivity contribution in [3.8, 4) is 5.75 Å². The molecule has 3 amide bonds. The molecule has 3 aromatic carbocycles. The van der Waals surface area contributed by atoms with Crippen LogP contribution in [0.1, 0.15) is 47.9 Å². The Morgan fingerprint density at radius 2 is 1.45 bits per heavy atom. The second-order valence-corrected chi connectivity index (χ2v) is 10.0. The van der Waals surface area contributed by atoms with Crippen LogP contribution in [0.25, 0.3) is 0 Å². The van der Waals surface area contributed by atoms with Crippen LogP contribution < -0.4 is 30.5 Å². The molecule has 0 saturated carbocycles. The number of carbonyl (C=O) groups is 3. The highest BCUT2D eigenvalue weighted by Crippen LogP contribution is 2.31. The first-order chi connectivity index (χ1) is 20.3. The van der Waals surface area contributed by atoms with E-state index in [4.69, 9.17) is 9.47 Å². The number of carbonyl (C=O) groups excluding carboxylic acids is 3. The van der Waals surface area contributed by atoms with Crippen LogP contribution in [0.5, 0.6) is 5.75 Å². The van der Waals surface area contributed by atoms with Crippen molar-refractivity contribution in [3.63, 3.8) is 0 Å². The van der Waals surface area contributed by atoms with Gasteiger partial charge in [-0.2, -0.15) is 0 Å². The molecule has 0 bridgehead atoms. The normalized spacial score (nSPS) is 13.6. The van der Waals surface area contributed by atoms with Crippen molar-refractivity contribution in [2.45, 2.75) is 33.2 Å². The summed E-state index contributed by atoms with van der Waals surface area (Å²) in [6, 6.07) is 19.3. The molecule has 0 aliphatic carbocycles. The first-order valence-electron chi connectivity index (χ1n) is 14.3. The van der Waals surface area contributed by atoms with E-state index < -0.39 is 12.0 Å². The second-order valence-electron chi connectivity index (χ2n) is 10.0. The fourth-order valence-corrected chi connectivity index (χ4v) is 4.75. The topological polar surface area (TPSA) is 112 Å². The second kappa shape index (κ2) is 14.2. The summed E-state index contributed by atoms with van der Waals surface area (Å²) in [5, 5.41) is 8.64. The van der Waals surface area contributed by atoms with E-state index >= 15 is 0 Å². The van der Waals surface area contributed by atoms with Crippen LogP contribution in [0.2, 0.25) is 0 Å². The van der Waals surface area contributed by atoms with Gasteiger partial charge in [0.1, 0.15) is 5.75 Å². The minimum atomic E-state index is -0.467. The first kappa shape index (κ1) is 30.2. The van der Waals surface area contributed by atoms with E-state index in [1.54, 1.807) is 50.4 Å². The van der Waals surface area contributed by atoms with Crippen molar-refractivity contribution in [3.05, 3.63) is 77.9 Å². The van der Waals surface area contributed by atoms with Crippen molar-refractivity contribution in [2.24, 2.45) is 0 Å². The summed E-state index contributed by atoms with van der Waals surface area (Å²) in [4.78, 5) is 42.5. The number of nitrogens with one attached hydrogen (secondary N) is 3. The summed E-state index contributed by atoms with van der Waals surface area (Å²) in [6.07, 6.45) is 0.800. The van der Waals surface area contributed by atoms with Gasteiger partial charge in [0.15, 0.2) is 0 Å². The first-order valence-corrected chi connectivity index (χ1v) is 14.3. The van der Waals surface area contributed by atoms with Crippen molar-refractivity contribution >= 4 is 40.7 Å². The Bertz CT molecular complexity index is 1390. The molecule has 10 heteroatoms. The number of hydrogen-bond donors (Lipinski definition) is 3. The molecule has 0 spiro atoms. The maximum absolute atomic E-state index is 13.4. The summed E-state index contributed by atoms with van der Waals surface area (Å²) < 4.78 is 10.5. The lowest BCUT2D eigenvalue weighted by molar-refractivity contribution is 0.0526. The monoisotopic (exact) mass is 573 g/mol. The van der Waals surface area contributed by atoms with Gasteiger partial charge in [0, 0.05) is 49.3 Å². The largest absolute Gasteiger partial charge is 0.495 e. The molecule has 42 heavy (non-hydrogen) atoms. The fourth-order valence-electron chi connectivity index (χ4n) is 4.75. The lowest BCUT2D eigenvalue weighted by atomic mass is 10.1. The third-order valence-corrected chi connectivity index (χ3v) is 7.19. The van der Waals surface area contributed by atoms with E-state index in [9.17, 15) is 14.4 Å². The highest BCUT2D eigenvalue weighted by molar-refractivity contribution is 6.04. The molecule has 1 unspecified atom stereocenters. The van der Waals surface area contributed by atoms with Crippen LogP contribution in [-0.4, -0.2) is 63.8 Å². The Kier molecular flexibility index (Phi) is 10.3. The number of amides is 3. The highest BCUT2D eigenvalue weighted by Gasteiger charge is 2.24. The number of hydrogen-bond acceptors (Lipinski definition) is 7. The van der Waals surface area contributed by atoms with Gasteiger partial charge in [0.25, 0.3) is 5.91 Å². The van der Waals surface area contributed by atoms with E-state index in [1.807, 2.05) is 38.1 Å². The van der Waals surface area contributed by atoms with E-state index in [-0.39, 0.29) is 18.6 Å². The molecule has 4 rings (SSSR count). The van der Waals surface area contributed by atoms with Crippen molar-refractivity contribution in [2.75, 3.05) is 60.3 Å². The molecule has 1 aliphatic rings. The molecule has 1 atom stereocenters. The van der Waals surface area contributed by atoms with E-state index in [2.05, 4.69) is 31.8 Å². The minimum absolute atomic E-state index is 0.00485. The zero-order chi connectivity index (χ0) is 30.1. The lowest BCUT2D eigenvalue weighted by Crippen LogP contribution is -2.47. The zero-order valence-corrected chi connectivity index (χ0v) is 24.6. The van der Waals surface area contributed by atoms with Gasteiger partial charge in [-0.25, -0.2) is 9.59 Å². The Morgan fingerprint density at radius 1 is 0.833 bits per heavy atom. The van der Waals surface area contributed by atoms with Gasteiger partial charge in [-0.15, -0.1) is 0 Å². The Labute approximate surface area is 247 Å². The van der Waals surface area contributed by atoms with Crippen LogP contribution in [0.15, 0.2) is 66.7 Å². The Balaban J connectivity index is 1.48. The summed E-state index contributed by atoms with van der Waals surface area (Å²) >= 11 is 0. The summed E-state index contributed by atoms with van der Waals surface area (Å²) in [5.74, 6) is 0.228. The quantitative estimate of drug-likeness (QED) is 0.280. The van der Waals surface area contributed by atoms with Crippen molar-refractivity contribution < 1.29 is 23.9 Å². The number of urea groups is 1. The number of piperazine rings is 1. The molecule has 3 aromatic rings. The molecule has 1 saturated heterocycles. The predicted molar refractivity (Wildman–Crippen MR) is 166 cm³/mol. The number of nitrogens with zero attached hydrogens (tertiary/aromatic N) is 2. The Hall–Kier alpha value is -4.73. The van der Waals surface area contributed by atoms with Gasteiger partial charge in [-0.1, -0.05) is 19.1 Å². The summed E-state index contributed by atoms with van der Waals surface area (Å²) in [5.41, 5.74) is 3.77. The molecule has 0 aromatic heterocycles. The fraction of sp³-hybridized carbons (Fsp3) is 0.344. The minimum Gasteiger partial charge on any atom is -0.495 e. The van der Waals surface area contributed by atoms with Gasteiger partial charge in [0.05, 0.1) is 30.5 Å². The maximum Gasteiger partial charge on any atom is 0.338 e. The lowest BCUT2D eigenvalue weighted by Gasteiger charge is -2.38. The third-order valence-electron chi connectivity index (χ3n) is 7.19. The number of esters is 1. The van der Waals surface area contributed by atoms with E-state index in [0.717, 1.165) is 49.7 Å². The van der Waals surface area contributed by atoms with Crippen LogP contribution >= 0.6 is 0 Å². The van der Waals surface area contributed by atoms with Gasteiger partial charge >= 0.3 is 12.0 Å².